The summed E-state index contributed by atoms with van der Waals surface area (Å²) in [5, 5.41) is 21.4. The number of anilines is 1. The van der Waals surface area contributed by atoms with Gasteiger partial charge in [-0.25, -0.2) is 9.59 Å². The first-order valence-electron chi connectivity index (χ1n) is 17.2. The van der Waals surface area contributed by atoms with E-state index < -0.39 is 41.0 Å². The van der Waals surface area contributed by atoms with Crippen LogP contribution in [0, 0.1) is 16.0 Å². The van der Waals surface area contributed by atoms with Crippen molar-refractivity contribution < 1.29 is 48.0 Å². The maximum Gasteiger partial charge on any atom is 0.514 e. The highest BCUT2D eigenvalue weighted by atomic mass is 16.7. The first kappa shape index (κ1) is 41.4. The number of hydrogen-bond acceptors (Lipinski definition) is 11. The van der Waals surface area contributed by atoms with Crippen LogP contribution in [0.5, 0.6) is 5.75 Å². The number of ether oxygens (including phenoxy) is 2. The molecule has 0 radical (unpaired) electrons. The lowest BCUT2D eigenvalue weighted by molar-refractivity contribution is -0.384. The summed E-state index contributed by atoms with van der Waals surface area (Å²) in [4.78, 5) is 97.7. The number of imide groups is 1. The summed E-state index contributed by atoms with van der Waals surface area (Å²) in [5.41, 5.74) is 5.90. The van der Waals surface area contributed by atoms with Gasteiger partial charge in [0.15, 0.2) is 0 Å². The number of likely N-dealkylation sites (tertiary alicyclic amines) is 1. The second kappa shape index (κ2) is 20.7. The number of carbonyl (C=O) groups is 7. The molecule has 286 valence electrons. The fourth-order valence-corrected chi connectivity index (χ4v) is 5.25. The van der Waals surface area contributed by atoms with Crippen LogP contribution >= 0.6 is 0 Å². The van der Waals surface area contributed by atoms with Gasteiger partial charge in [0.1, 0.15) is 24.4 Å². The second-order valence-electron chi connectivity index (χ2n) is 12.6. The van der Waals surface area contributed by atoms with E-state index in [1.165, 1.54) is 29.2 Å². The van der Waals surface area contributed by atoms with Gasteiger partial charge in [-0.05, 0) is 61.4 Å². The number of carbonyl (C=O) groups excluding carboxylic acids is 7. The van der Waals surface area contributed by atoms with Crippen molar-refractivity contribution in [1.82, 2.24) is 20.9 Å². The highest BCUT2D eigenvalue weighted by Gasteiger charge is 2.30. The lowest BCUT2D eigenvalue weighted by atomic mass is 10.0. The molecule has 1 saturated heterocycles. The Kier molecular flexibility index (Phi) is 16.1. The van der Waals surface area contributed by atoms with Gasteiger partial charge >= 0.3 is 12.2 Å². The van der Waals surface area contributed by atoms with Crippen LogP contribution in [0.25, 0.3) is 0 Å². The maximum atomic E-state index is 13.4. The van der Waals surface area contributed by atoms with E-state index in [1.807, 2.05) is 0 Å². The summed E-state index contributed by atoms with van der Waals surface area (Å²) in [6.07, 6.45) is 1.64. The Labute approximate surface area is 305 Å². The molecular weight excluding hydrogens is 694 g/mol. The molecule has 0 aromatic heterocycles. The number of nitro benzene ring substituents is 1. The van der Waals surface area contributed by atoms with Crippen molar-refractivity contribution in [3.05, 3.63) is 64.2 Å². The first-order valence-corrected chi connectivity index (χ1v) is 17.2. The lowest BCUT2D eigenvalue weighted by Crippen LogP contribution is -2.54. The van der Waals surface area contributed by atoms with Crippen LogP contribution in [0.2, 0.25) is 0 Å². The molecule has 2 aromatic rings. The van der Waals surface area contributed by atoms with Gasteiger partial charge in [0, 0.05) is 50.2 Å². The number of rotatable bonds is 20. The molecule has 0 bridgehead atoms. The van der Waals surface area contributed by atoms with Crippen LogP contribution < -0.4 is 31.7 Å². The summed E-state index contributed by atoms with van der Waals surface area (Å²) in [6.45, 7) is 3.80. The molecule has 0 saturated carbocycles. The van der Waals surface area contributed by atoms with Crippen LogP contribution in [-0.2, 0) is 35.3 Å². The second-order valence-corrected chi connectivity index (χ2v) is 12.6. The molecule has 3 rings (SSSR count). The number of unbranched alkanes of at least 4 members (excludes halogenated alkanes) is 2. The number of nitro groups is 1. The smallest absolute Gasteiger partial charge is 0.429 e. The highest BCUT2D eigenvalue weighted by molar-refractivity contribution is 6.02. The molecule has 1 fully saturated rings. The normalized spacial score (nSPS) is 13.5. The molecule has 7 amide bonds. The Hall–Kier alpha value is -6.07. The minimum atomic E-state index is -1.05. The zero-order valence-electron chi connectivity index (χ0n) is 29.6. The van der Waals surface area contributed by atoms with Crippen LogP contribution in [0.15, 0.2) is 48.5 Å². The Morgan fingerprint density at radius 2 is 1.55 bits per heavy atom. The van der Waals surface area contributed by atoms with Crippen LogP contribution in [0.4, 0.5) is 21.0 Å². The van der Waals surface area contributed by atoms with Gasteiger partial charge in [0.2, 0.25) is 29.5 Å². The average Bonchev–Trinajstić information content (AvgIpc) is 3.43. The number of nitrogens with two attached hydrogens (primary N) is 1. The van der Waals surface area contributed by atoms with E-state index in [9.17, 15) is 43.7 Å². The zero-order chi connectivity index (χ0) is 38.9. The molecule has 6 N–H and O–H groups in total. The topological polar surface area (TPSA) is 258 Å². The van der Waals surface area contributed by atoms with Gasteiger partial charge < -0.3 is 36.5 Å². The number of primary amides is 1. The molecular formula is C35H45N7O11. The van der Waals surface area contributed by atoms with Crippen molar-refractivity contribution in [3.8, 4) is 5.75 Å². The summed E-state index contributed by atoms with van der Waals surface area (Å²) < 4.78 is 10.1. The fourth-order valence-electron chi connectivity index (χ4n) is 5.25. The third-order valence-corrected chi connectivity index (χ3v) is 8.13. The van der Waals surface area contributed by atoms with Crippen molar-refractivity contribution >= 4 is 53.1 Å². The van der Waals surface area contributed by atoms with Crippen LogP contribution in [0.1, 0.15) is 70.8 Å². The largest absolute Gasteiger partial charge is 0.514 e. The summed E-state index contributed by atoms with van der Waals surface area (Å²) >= 11 is 0. The van der Waals surface area contributed by atoms with Crippen molar-refractivity contribution in [3.63, 3.8) is 0 Å². The maximum absolute atomic E-state index is 13.4. The number of benzene rings is 2. The van der Waals surface area contributed by atoms with E-state index in [0.717, 1.165) is 0 Å². The van der Waals surface area contributed by atoms with E-state index >= 15 is 0 Å². The molecule has 0 unspecified atom stereocenters. The number of non-ortho nitro benzene ring substituents is 1. The van der Waals surface area contributed by atoms with Crippen molar-refractivity contribution in [1.29, 1.82) is 0 Å². The molecule has 18 heteroatoms. The van der Waals surface area contributed by atoms with E-state index in [-0.39, 0.29) is 73.9 Å². The number of urea groups is 1. The van der Waals surface area contributed by atoms with Gasteiger partial charge in [-0.15, -0.1) is 0 Å². The number of nitrogens with zero attached hydrogens (tertiary/aromatic N) is 2. The standard InChI is InChI=1S/C35H45N7O11/c1-22(2)31(40-28(43)8-4-3-5-20-41-29(44)17-18-30(41)45)33(47)39-27(7-6-19-37-34(36)48)32(46)38-24-11-9-23(10-12-24)21-52-35(49)53-26-15-13-25(14-16-26)42(50)51/h9-16,22,27,31H,3-8,17-21H2,1-2H3,(H,38,46)(H,39,47)(H,40,43)(H3,36,37,48)/t27-,31-/m0/s1. The van der Waals surface area contributed by atoms with E-state index in [4.69, 9.17) is 15.2 Å². The highest BCUT2D eigenvalue weighted by Crippen LogP contribution is 2.19. The average molecular weight is 740 g/mol. The Balaban J connectivity index is 1.52. The first-order chi connectivity index (χ1) is 25.2. The van der Waals surface area contributed by atoms with E-state index in [2.05, 4.69) is 21.3 Å². The van der Waals surface area contributed by atoms with Crippen molar-refractivity contribution in [2.24, 2.45) is 11.7 Å². The number of amides is 7. The summed E-state index contributed by atoms with van der Waals surface area (Å²) in [7, 11) is 0. The van der Waals surface area contributed by atoms with Crippen LogP contribution in [-0.4, -0.2) is 76.7 Å². The molecule has 53 heavy (non-hydrogen) atoms. The number of hydrogen-bond donors (Lipinski definition) is 5. The van der Waals surface area contributed by atoms with E-state index in [0.29, 0.717) is 43.5 Å². The van der Waals surface area contributed by atoms with Gasteiger partial charge in [-0.3, -0.25) is 39.0 Å². The molecule has 18 nitrogen and oxygen atoms in total. The summed E-state index contributed by atoms with van der Waals surface area (Å²) in [5.74, 6) is -2.12. The van der Waals surface area contributed by atoms with Crippen molar-refractivity contribution in [2.75, 3.05) is 18.4 Å². The quantitative estimate of drug-likeness (QED) is 0.0329. The Bertz CT molecular complexity index is 1620. The minimum Gasteiger partial charge on any atom is -0.429 e. The fraction of sp³-hybridized carbons (Fsp3) is 0.457. The Morgan fingerprint density at radius 1 is 0.887 bits per heavy atom. The van der Waals surface area contributed by atoms with Gasteiger partial charge in [-0.1, -0.05) is 32.4 Å². The molecule has 1 aliphatic heterocycles. The molecule has 0 aliphatic carbocycles. The van der Waals surface area contributed by atoms with Gasteiger partial charge in [-0.2, -0.15) is 0 Å². The van der Waals surface area contributed by atoms with Crippen molar-refractivity contribution in [2.45, 2.75) is 83.9 Å². The zero-order valence-corrected chi connectivity index (χ0v) is 29.6. The van der Waals surface area contributed by atoms with E-state index in [1.54, 1.807) is 38.1 Å². The molecule has 2 aromatic carbocycles. The summed E-state index contributed by atoms with van der Waals surface area (Å²) in [6, 6.07) is 8.45. The molecule has 1 heterocycles. The van der Waals surface area contributed by atoms with Crippen LogP contribution in [0.3, 0.4) is 0 Å². The minimum absolute atomic E-state index is 0.0624. The van der Waals surface area contributed by atoms with Gasteiger partial charge in [0.25, 0.3) is 5.69 Å². The predicted molar refractivity (Wildman–Crippen MR) is 189 cm³/mol. The lowest BCUT2D eigenvalue weighted by Gasteiger charge is -2.25. The molecule has 2 atom stereocenters. The predicted octanol–water partition coefficient (Wildman–Crippen LogP) is 3.03. The van der Waals surface area contributed by atoms with Gasteiger partial charge in [0.05, 0.1) is 4.92 Å². The Morgan fingerprint density at radius 3 is 2.15 bits per heavy atom. The SMILES string of the molecule is CC(C)[C@H](NC(=O)CCCCCN1C(=O)CCC1=O)C(=O)N[C@@H](CCCNC(N)=O)C(=O)Nc1ccc(COC(=O)Oc2ccc([N+](=O)[O-])cc2)cc1. The molecule has 1 aliphatic rings. The third-order valence-electron chi connectivity index (χ3n) is 8.13. The monoisotopic (exact) mass is 739 g/mol. The third kappa shape index (κ3) is 14.2. The molecule has 0 spiro atoms. The number of nitrogens with one attached hydrogen (secondary N) is 4.